The van der Waals surface area contributed by atoms with Crippen LogP contribution in [0.3, 0.4) is 0 Å². The van der Waals surface area contributed by atoms with E-state index in [1.54, 1.807) is 0 Å². The average molecular weight is 219 g/mol. The fourth-order valence-corrected chi connectivity index (χ4v) is 2.19. The molecule has 0 radical (unpaired) electrons. The highest BCUT2D eigenvalue weighted by Gasteiger charge is 2.31. The zero-order valence-electron chi connectivity index (χ0n) is 9.47. The van der Waals surface area contributed by atoms with E-state index in [0.717, 1.165) is 13.1 Å². The lowest BCUT2D eigenvalue weighted by atomic mass is 9.90. The Hall–Kier alpha value is -1.35. The summed E-state index contributed by atoms with van der Waals surface area (Å²) in [6, 6.07) is 10.6. The van der Waals surface area contributed by atoms with E-state index >= 15 is 0 Å². The minimum atomic E-state index is -0.712. The van der Waals surface area contributed by atoms with E-state index in [9.17, 15) is 4.79 Å². The largest absolute Gasteiger partial charge is 0.481 e. The van der Waals surface area contributed by atoms with Crippen molar-refractivity contribution in [3.05, 3.63) is 35.9 Å². The van der Waals surface area contributed by atoms with E-state index in [0.29, 0.717) is 5.92 Å². The Bertz CT molecular complexity index is 357. The van der Waals surface area contributed by atoms with Crippen LogP contribution in [0.15, 0.2) is 30.3 Å². The summed E-state index contributed by atoms with van der Waals surface area (Å²) in [4.78, 5) is 12.8. The maximum atomic E-state index is 10.6. The van der Waals surface area contributed by atoms with Crippen LogP contribution in [0.1, 0.15) is 24.8 Å². The second-order valence-corrected chi connectivity index (χ2v) is 4.51. The molecule has 3 nitrogen and oxygen atoms in total. The van der Waals surface area contributed by atoms with Gasteiger partial charge in [-0.15, -0.1) is 0 Å². The molecule has 0 aliphatic carbocycles. The lowest BCUT2D eigenvalue weighted by Crippen LogP contribution is -2.50. The number of carboxylic acids is 1. The van der Waals surface area contributed by atoms with Crippen molar-refractivity contribution in [1.82, 2.24) is 4.90 Å². The van der Waals surface area contributed by atoms with Gasteiger partial charge < -0.3 is 5.11 Å². The topological polar surface area (TPSA) is 40.5 Å². The first kappa shape index (κ1) is 11.1. The first-order valence-electron chi connectivity index (χ1n) is 5.67. The number of hydrogen-bond acceptors (Lipinski definition) is 2. The van der Waals surface area contributed by atoms with Crippen molar-refractivity contribution in [1.29, 1.82) is 0 Å². The lowest BCUT2D eigenvalue weighted by Gasteiger charge is -2.43. The molecule has 0 bridgehead atoms. The number of hydrogen-bond donors (Lipinski definition) is 1. The highest BCUT2D eigenvalue weighted by molar-refractivity contribution is 5.67. The number of nitrogens with zero attached hydrogens (tertiary/aromatic N) is 1. The highest BCUT2D eigenvalue weighted by atomic mass is 16.4. The van der Waals surface area contributed by atoms with Crippen LogP contribution in [0.25, 0.3) is 0 Å². The third-order valence-electron chi connectivity index (χ3n) is 3.27. The Balaban J connectivity index is 1.84. The Kier molecular flexibility index (Phi) is 3.25. The van der Waals surface area contributed by atoms with Crippen LogP contribution in [0.4, 0.5) is 0 Å². The Morgan fingerprint density at radius 3 is 2.62 bits per heavy atom. The normalized spacial score (nSPS) is 19.1. The molecule has 0 saturated carbocycles. The molecule has 1 saturated heterocycles. The smallest absolute Gasteiger partial charge is 0.304 e. The van der Waals surface area contributed by atoms with Gasteiger partial charge in [0.05, 0.1) is 6.42 Å². The minimum Gasteiger partial charge on any atom is -0.481 e. The van der Waals surface area contributed by atoms with Crippen LogP contribution in [0, 0.1) is 0 Å². The van der Waals surface area contributed by atoms with E-state index in [1.165, 1.54) is 5.56 Å². The molecule has 1 heterocycles. The summed E-state index contributed by atoms with van der Waals surface area (Å²) in [6.45, 7) is 3.95. The Morgan fingerprint density at radius 2 is 2.06 bits per heavy atom. The highest BCUT2D eigenvalue weighted by Crippen LogP contribution is 2.28. The summed E-state index contributed by atoms with van der Waals surface area (Å²) in [6.07, 6.45) is 0.238. The second kappa shape index (κ2) is 4.66. The number of likely N-dealkylation sites (tertiary alicyclic amines) is 1. The van der Waals surface area contributed by atoms with E-state index in [1.807, 2.05) is 13.0 Å². The van der Waals surface area contributed by atoms with E-state index < -0.39 is 5.97 Å². The van der Waals surface area contributed by atoms with Gasteiger partial charge in [0.1, 0.15) is 0 Å². The van der Waals surface area contributed by atoms with E-state index in [4.69, 9.17) is 5.11 Å². The fourth-order valence-electron chi connectivity index (χ4n) is 2.19. The molecule has 16 heavy (non-hydrogen) atoms. The van der Waals surface area contributed by atoms with Crippen LogP contribution < -0.4 is 0 Å². The predicted octanol–water partition coefficient (Wildman–Crippen LogP) is 1.95. The SMILES string of the molecule is CC(CC(=O)O)N1CC(c2ccccc2)C1. The number of rotatable bonds is 4. The Labute approximate surface area is 95.7 Å². The van der Waals surface area contributed by atoms with Gasteiger partial charge in [0.25, 0.3) is 0 Å². The van der Waals surface area contributed by atoms with Gasteiger partial charge >= 0.3 is 5.97 Å². The first-order valence-corrected chi connectivity index (χ1v) is 5.67. The maximum Gasteiger partial charge on any atom is 0.304 e. The zero-order valence-corrected chi connectivity index (χ0v) is 9.47. The van der Waals surface area contributed by atoms with Gasteiger partial charge in [-0.1, -0.05) is 30.3 Å². The molecule has 1 aliphatic heterocycles. The summed E-state index contributed by atoms with van der Waals surface area (Å²) in [5.74, 6) is -0.131. The standard InChI is InChI=1S/C13H17NO2/c1-10(7-13(15)16)14-8-12(9-14)11-5-3-2-4-6-11/h2-6,10,12H,7-9H2,1H3,(H,15,16). The molecule has 1 atom stereocenters. The number of carboxylic acid groups (broad SMARTS) is 1. The molecule has 1 unspecified atom stereocenters. The van der Waals surface area contributed by atoms with Gasteiger partial charge in [0, 0.05) is 25.0 Å². The summed E-state index contributed by atoms with van der Waals surface area (Å²) in [7, 11) is 0. The monoisotopic (exact) mass is 219 g/mol. The van der Waals surface area contributed by atoms with Gasteiger partial charge in [-0.25, -0.2) is 0 Å². The summed E-state index contributed by atoms with van der Waals surface area (Å²) >= 11 is 0. The molecule has 1 aromatic carbocycles. The van der Waals surface area contributed by atoms with Crippen molar-refractivity contribution in [2.24, 2.45) is 0 Å². The van der Waals surface area contributed by atoms with Crippen LogP contribution >= 0.6 is 0 Å². The van der Waals surface area contributed by atoms with Gasteiger partial charge in [-0.05, 0) is 12.5 Å². The number of carbonyl (C=O) groups is 1. The molecule has 1 fully saturated rings. The number of aliphatic carboxylic acids is 1. The molecule has 1 aromatic rings. The van der Waals surface area contributed by atoms with E-state index in [2.05, 4.69) is 29.2 Å². The third-order valence-corrected chi connectivity index (χ3v) is 3.27. The van der Waals surface area contributed by atoms with Gasteiger partial charge in [0.2, 0.25) is 0 Å². The van der Waals surface area contributed by atoms with Gasteiger partial charge in [0.15, 0.2) is 0 Å². The van der Waals surface area contributed by atoms with Crippen molar-refractivity contribution in [2.45, 2.75) is 25.3 Å². The molecule has 86 valence electrons. The molecular weight excluding hydrogens is 202 g/mol. The molecule has 2 rings (SSSR count). The van der Waals surface area contributed by atoms with Crippen molar-refractivity contribution in [2.75, 3.05) is 13.1 Å². The van der Waals surface area contributed by atoms with Gasteiger partial charge in [-0.2, -0.15) is 0 Å². The predicted molar refractivity (Wildman–Crippen MR) is 62.5 cm³/mol. The molecule has 0 spiro atoms. The molecule has 0 aromatic heterocycles. The Morgan fingerprint density at radius 1 is 1.44 bits per heavy atom. The fraction of sp³-hybridized carbons (Fsp3) is 0.462. The van der Waals surface area contributed by atoms with Crippen molar-refractivity contribution in [3.8, 4) is 0 Å². The summed E-state index contributed by atoms with van der Waals surface area (Å²) in [5, 5.41) is 8.71. The van der Waals surface area contributed by atoms with Crippen molar-refractivity contribution >= 4 is 5.97 Å². The second-order valence-electron chi connectivity index (χ2n) is 4.51. The molecule has 0 amide bonds. The molecule has 1 N–H and O–H groups in total. The molecule has 3 heteroatoms. The quantitative estimate of drug-likeness (QED) is 0.841. The van der Waals surface area contributed by atoms with Crippen LogP contribution in [0.5, 0.6) is 0 Å². The van der Waals surface area contributed by atoms with Crippen LogP contribution in [0.2, 0.25) is 0 Å². The van der Waals surface area contributed by atoms with E-state index in [-0.39, 0.29) is 12.5 Å². The van der Waals surface area contributed by atoms with Gasteiger partial charge in [-0.3, -0.25) is 9.69 Å². The van der Waals surface area contributed by atoms with Crippen molar-refractivity contribution in [3.63, 3.8) is 0 Å². The number of benzene rings is 1. The van der Waals surface area contributed by atoms with Crippen molar-refractivity contribution < 1.29 is 9.90 Å². The minimum absolute atomic E-state index is 0.150. The first-order chi connectivity index (χ1) is 7.66. The molecule has 1 aliphatic rings. The maximum absolute atomic E-state index is 10.6. The summed E-state index contributed by atoms with van der Waals surface area (Å²) < 4.78 is 0. The lowest BCUT2D eigenvalue weighted by molar-refractivity contribution is -0.138. The van der Waals surface area contributed by atoms with Crippen LogP contribution in [-0.2, 0) is 4.79 Å². The molecular formula is C13H17NO2. The van der Waals surface area contributed by atoms with Crippen LogP contribution in [-0.4, -0.2) is 35.1 Å². The third kappa shape index (κ3) is 2.42. The summed E-state index contributed by atoms with van der Waals surface area (Å²) in [5.41, 5.74) is 1.36. The average Bonchev–Trinajstić information content (AvgIpc) is 2.15. The zero-order chi connectivity index (χ0) is 11.5.